The molecule has 0 radical (unpaired) electrons. The molecule has 0 spiro atoms. The van der Waals surface area contributed by atoms with E-state index in [9.17, 15) is 0 Å². The summed E-state index contributed by atoms with van der Waals surface area (Å²) >= 11 is 0. The van der Waals surface area contributed by atoms with E-state index in [1.807, 2.05) is 0 Å². The smallest absolute Gasteiger partial charge is 0.143 e. The fraction of sp³-hybridized carbons (Fsp3) is 0.0968. The first-order valence-electron chi connectivity index (χ1n) is 22.5. The zero-order chi connectivity index (χ0) is 42.9. The van der Waals surface area contributed by atoms with Crippen molar-refractivity contribution < 1.29 is 4.42 Å². The Morgan fingerprint density at radius 1 is 0.344 bits per heavy atom. The molecule has 2 heteroatoms. The highest BCUT2D eigenvalue weighted by Crippen LogP contribution is 2.54. The van der Waals surface area contributed by atoms with E-state index < -0.39 is 0 Å². The van der Waals surface area contributed by atoms with Crippen LogP contribution in [0.25, 0.3) is 88.0 Å². The summed E-state index contributed by atoms with van der Waals surface area (Å²) in [6.45, 7) is 9.50. The fourth-order valence-corrected chi connectivity index (χ4v) is 11.3. The Bertz CT molecular complexity index is 3720. The van der Waals surface area contributed by atoms with E-state index in [-0.39, 0.29) is 10.8 Å². The summed E-state index contributed by atoms with van der Waals surface area (Å²) in [6.07, 6.45) is 0. The molecule has 13 rings (SSSR count). The molecule has 0 atom stereocenters. The van der Waals surface area contributed by atoms with Crippen LogP contribution in [0.2, 0.25) is 0 Å². The van der Waals surface area contributed by atoms with Gasteiger partial charge in [-0.05, 0) is 137 Å². The molecular weight excluding hydrogens is 775 g/mol. The van der Waals surface area contributed by atoms with Crippen LogP contribution in [-0.2, 0) is 10.8 Å². The number of rotatable bonds is 5. The molecule has 2 aliphatic carbocycles. The number of fused-ring (bicyclic) bond motifs is 13. The Morgan fingerprint density at radius 2 is 0.875 bits per heavy atom. The minimum absolute atomic E-state index is 0.130. The van der Waals surface area contributed by atoms with E-state index in [4.69, 9.17) is 4.42 Å². The van der Waals surface area contributed by atoms with Crippen LogP contribution in [0.4, 0.5) is 17.1 Å². The van der Waals surface area contributed by atoms with E-state index in [0.29, 0.717) is 0 Å². The fourth-order valence-electron chi connectivity index (χ4n) is 11.3. The van der Waals surface area contributed by atoms with Crippen molar-refractivity contribution in [2.45, 2.75) is 38.5 Å². The third kappa shape index (κ3) is 5.26. The van der Waals surface area contributed by atoms with Gasteiger partial charge >= 0.3 is 0 Å². The molecule has 0 fully saturated rings. The van der Waals surface area contributed by atoms with Gasteiger partial charge < -0.3 is 9.32 Å². The Labute approximate surface area is 373 Å². The molecule has 0 unspecified atom stereocenters. The van der Waals surface area contributed by atoms with Crippen molar-refractivity contribution >= 4 is 60.5 Å². The molecule has 1 heterocycles. The lowest BCUT2D eigenvalue weighted by molar-refractivity contribution is 0.660. The summed E-state index contributed by atoms with van der Waals surface area (Å²) < 4.78 is 6.87. The summed E-state index contributed by atoms with van der Waals surface area (Å²) in [5, 5.41) is 7.18. The highest BCUT2D eigenvalue weighted by molar-refractivity contribution is 6.28. The Balaban J connectivity index is 0.975. The van der Waals surface area contributed by atoms with Crippen LogP contribution in [0.3, 0.4) is 0 Å². The van der Waals surface area contributed by atoms with Gasteiger partial charge in [-0.15, -0.1) is 0 Å². The van der Waals surface area contributed by atoms with E-state index >= 15 is 0 Å². The highest BCUT2D eigenvalue weighted by atomic mass is 16.3. The maximum absolute atomic E-state index is 6.87. The van der Waals surface area contributed by atoms with Gasteiger partial charge in [0.05, 0.1) is 0 Å². The van der Waals surface area contributed by atoms with Gasteiger partial charge in [-0.3, -0.25) is 0 Å². The second kappa shape index (κ2) is 13.4. The van der Waals surface area contributed by atoms with E-state index in [1.54, 1.807) is 0 Å². The Morgan fingerprint density at radius 3 is 1.59 bits per heavy atom. The number of hydrogen-bond acceptors (Lipinski definition) is 2. The van der Waals surface area contributed by atoms with Crippen LogP contribution in [0.1, 0.15) is 49.9 Å². The van der Waals surface area contributed by atoms with Gasteiger partial charge in [0.1, 0.15) is 11.2 Å². The van der Waals surface area contributed by atoms with Crippen molar-refractivity contribution in [2.75, 3.05) is 4.90 Å². The molecule has 10 aromatic carbocycles. The van der Waals surface area contributed by atoms with Gasteiger partial charge in [-0.25, -0.2) is 0 Å². The molecule has 0 saturated heterocycles. The van der Waals surface area contributed by atoms with Gasteiger partial charge in [-0.1, -0.05) is 173 Å². The first kappa shape index (κ1) is 36.9. The van der Waals surface area contributed by atoms with Crippen molar-refractivity contribution in [3.8, 4) is 44.5 Å². The number of nitrogens with zero attached hydrogens (tertiary/aromatic N) is 1. The molecule has 0 amide bonds. The molecule has 0 N–H and O–H groups in total. The third-order valence-corrected chi connectivity index (χ3v) is 14.6. The Hall–Kier alpha value is -7.68. The number of hydrogen-bond donors (Lipinski definition) is 0. The van der Waals surface area contributed by atoms with E-state index in [0.717, 1.165) is 39.4 Å². The average molecular weight is 820 g/mol. The molecule has 0 bridgehead atoms. The molecular formula is C62H45NO. The molecule has 11 aromatic rings. The van der Waals surface area contributed by atoms with Crippen molar-refractivity contribution in [3.05, 3.63) is 222 Å². The van der Waals surface area contributed by atoms with Crippen LogP contribution < -0.4 is 4.90 Å². The van der Waals surface area contributed by atoms with Crippen LogP contribution in [0.15, 0.2) is 205 Å². The normalized spacial score (nSPS) is 14.2. The topological polar surface area (TPSA) is 16.4 Å². The van der Waals surface area contributed by atoms with Crippen LogP contribution in [0, 0.1) is 0 Å². The molecule has 2 aliphatic rings. The summed E-state index contributed by atoms with van der Waals surface area (Å²) in [6, 6.07) is 74.0. The van der Waals surface area contributed by atoms with Gasteiger partial charge in [0, 0.05) is 44.2 Å². The van der Waals surface area contributed by atoms with Crippen molar-refractivity contribution in [1.29, 1.82) is 0 Å². The minimum Gasteiger partial charge on any atom is -0.455 e. The van der Waals surface area contributed by atoms with Gasteiger partial charge in [0.15, 0.2) is 0 Å². The molecule has 0 aliphatic heterocycles. The largest absolute Gasteiger partial charge is 0.455 e. The zero-order valence-electron chi connectivity index (χ0n) is 36.4. The SMILES string of the molecule is CC1(C)c2ccccc2-c2ccc(N(c3ccc(-c4cc5ccccc5c5c4oc4ccc6ccccc6c45)cc3)c3ccc4c(c3)C(C)(C)c3cc(-c5ccccc5)ccc3-4)cc21. The van der Waals surface area contributed by atoms with Gasteiger partial charge in [0.2, 0.25) is 0 Å². The average Bonchev–Trinajstić information content (AvgIpc) is 3.92. The second-order valence-electron chi connectivity index (χ2n) is 18.9. The molecule has 0 saturated carbocycles. The molecule has 2 nitrogen and oxygen atoms in total. The lowest BCUT2D eigenvalue weighted by Crippen LogP contribution is -2.18. The molecule has 64 heavy (non-hydrogen) atoms. The summed E-state index contributed by atoms with van der Waals surface area (Å²) in [7, 11) is 0. The predicted molar refractivity (Wildman–Crippen MR) is 269 cm³/mol. The van der Waals surface area contributed by atoms with Crippen LogP contribution in [0.5, 0.6) is 0 Å². The third-order valence-electron chi connectivity index (χ3n) is 14.6. The second-order valence-corrected chi connectivity index (χ2v) is 18.9. The lowest BCUT2D eigenvalue weighted by Gasteiger charge is -2.30. The summed E-state index contributed by atoms with van der Waals surface area (Å²) in [5.41, 5.74) is 20.3. The molecule has 304 valence electrons. The number of benzene rings is 10. The Kier molecular flexibility index (Phi) is 7.74. The zero-order valence-corrected chi connectivity index (χ0v) is 36.4. The quantitative estimate of drug-likeness (QED) is 0.172. The van der Waals surface area contributed by atoms with Crippen molar-refractivity contribution in [1.82, 2.24) is 0 Å². The first-order valence-corrected chi connectivity index (χ1v) is 22.5. The van der Waals surface area contributed by atoms with Crippen molar-refractivity contribution in [3.63, 3.8) is 0 Å². The predicted octanol–water partition coefficient (Wildman–Crippen LogP) is 17.3. The van der Waals surface area contributed by atoms with Gasteiger partial charge in [-0.2, -0.15) is 0 Å². The van der Waals surface area contributed by atoms with Crippen LogP contribution in [-0.4, -0.2) is 0 Å². The van der Waals surface area contributed by atoms with E-state index in [2.05, 4.69) is 233 Å². The van der Waals surface area contributed by atoms with Crippen molar-refractivity contribution in [2.24, 2.45) is 0 Å². The standard InChI is InChI=1S/C62H45NO/c1-61(2)53-21-13-12-20-48(53)50-31-28-44(36-55(50)61)63(45-29-32-51-49-30-24-41(38-14-6-5-7-15-38)35-54(49)62(3,4)56(51)37-45)43-26-22-40(23-27-43)52-34-42-17-9-11-19-47(42)59-58-46-18-10-8-16-39(46)25-33-57(58)64-60(52)59/h5-37H,1-4H3. The molecule has 1 aromatic heterocycles. The van der Waals surface area contributed by atoms with E-state index in [1.165, 1.54) is 88.0 Å². The monoisotopic (exact) mass is 819 g/mol. The minimum atomic E-state index is -0.193. The summed E-state index contributed by atoms with van der Waals surface area (Å²) in [4.78, 5) is 2.46. The number of furan rings is 1. The highest BCUT2D eigenvalue weighted by Gasteiger charge is 2.38. The maximum atomic E-state index is 6.87. The van der Waals surface area contributed by atoms with Crippen LogP contribution >= 0.6 is 0 Å². The van der Waals surface area contributed by atoms with Gasteiger partial charge in [0.25, 0.3) is 0 Å². The maximum Gasteiger partial charge on any atom is 0.143 e. The summed E-state index contributed by atoms with van der Waals surface area (Å²) in [5.74, 6) is 0. The lowest BCUT2D eigenvalue weighted by atomic mass is 9.81. The number of anilines is 3. The first-order chi connectivity index (χ1) is 31.2.